The first-order chi connectivity index (χ1) is 11.7. The highest BCUT2D eigenvalue weighted by atomic mass is 32.2. The monoisotopic (exact) mass is 358 g/mol. The summed E-state index contributed by atoms with van der Waals surface area (Å²) in [6, 6.07) is 10.3. The third-order valence-electron chi connectivity index (χ3n) is 4.00. The molecule has 1 N–H and O–H groups in total. The number of amides is 1. The first-order valence-corrected chi connectivity index (χ1v) is 10.2. The predicted octanol–water partition coefficient (Wildman–Crippen LogP) is 4.26. The summed E-state index contributed by atoms with van der Waals surface area (Å²) in [6.07, 6.45) is 3.43. The maximum absolute atomic E-state index is 12.1. The van der Waals surface area contributed by atoms with E-state index in [1.54, 1.807) is 17.4 Å². The first-order valence-electron chi connectivity index (χ1n) is 8.13. The van der Waals surface area contributed by atoms with E-state index in [0.29, 0.717) is 0 Å². The van der Waals surface area contributed by atoms with Crippen LogP contribution in [0.4, 0.5) is 5.69 Å². The number of anilines is 1. The molecule has 1 fully saturated rings. The van der Waals surface area contributed by atoms with Crippen LogP contribution in [-0.4, -0.2) is 35.4 Å². The van der Waals surface area contributed by atoms with Crippen molar-refractivity contribution in [2.75, 3.05) is 29.9 Å². The van der Waals surface area contributed by atoms with Crippen LogP contribution in [-0.2, 0) is 11.3 Å². The maximum Gasteiger partial charge on any atom is 0.248 e. The van der Waals surface area contributed by atoms with Crippen LogP contribution in [0.1, 0.15) is 16.0 Å². The van der Waals surface area contributed by atoms with E-state index in [-0.39, 0.29) is 5.91 Å². The zero-order valence-corrected chi connectivity index (χ0v) is 15.5. The molecule has 126 valence electrons. The van der Waals surface area contributed by atoms with Crippen LogP contribution in [0.15, 0.2) is 41.8 Å². The molecular formula is C19H22N2OS2. The summed E-state index contributed by atoms with van der Waals surface area (Å²) in [5.41, 5.74) is 3.30. The van der Waals surface area contributed by atoms with Crippen molar-refractivity contribution >= 4 is 40.8 Å². The Bertz CT molecular complexity index is 704. The van der Waals surface area contributed by atoms with Crippen molar-refractivity contribution in [3.63, 3.8) is 0 Å². The number of thioether (sulfide) groups is 1. The Hall–Kier alpha value is -1.56. The summed E-state index contributed by atoms with van der Waals surface area (Å²) in [7, 11) is 0. The van der Waals surface area contributed by atoms with Gasteiger partial charge in [-0.1, -0.05) is 18.2 Å². The minimum Gasteiger partial charge on any atom is -0.322 e. The lowest BCUT2D eigenvalue weighted by Gasteiger charge is -2.26. The molecule has 3 nitrogen and oxygen atoms in total. The highest BCUT2D eigenvalue weighted by molar-refractivity contribution is 7.99. The zero-order chi connectivity index (χ0) is 16.8. The van der Waals surface area contributed by atoms with Gasteiger partial charge >= 0.3 is 0 Å². The number of thiophene rings is 1. The van der Waals surface area contributed by atoms with Gasteiger partial charge in [-0.15, -0.1) is 11.3 Å². The van der Waals surface area contributed by atoms with Gasteiger partial charge in [-0.2, -0.15) is 11.8 Å². The Balaban J connectivity index is 1.58. The molecular weight excluding hydrogens is 336 g/mol. The Kier molecular flexibility index (Phi) is 6.12. The van der Waals surface area contributed by atoms with Crippen molar-refractivity contribution in [3.8, 4) is 0 Å². The fourth-order valence-electron chi connectivity index (χ4n) is 2.70. The van der Waals surface area contributed by atoms with Crippen LogP contribution in [0.25, 0.3) is 6.08 Å². The maximum atomic E-state index is 12.1. The minimum atomic E-state index is -0.0905. The van der Waals surface area contributed by atoms with Gasteiger partial charge in [0, 0.05) is 47.8 Å². The van der Waals surface area contributed by atoms with E-state index in [0.717, 1.165) is 35.8 Å². The highest BCUT2D eigenvalue weighted by Crippen LogP contribution is 2.19. The number of aryl methyl sites for hydroxylation is 1. The summed E-state index contributed by atoms with van der Waals surface area (Å²) in [5.74, 6) is 2.36. The van der Waals surface area contributed by atoms with E-state index in [4.69, 9.17) is 0 Å². The van der Waals surface area contributed by atoms with Gasteiger partial charge in [-0.05, 0) is 41.6 Å². The molecule has 0 atom stereocenters. The van der Waals surface area contributed by atoms with Crippen molar-refractivity contribution in [1.29, 1.82) is 0 Å². The van der Waals surface area contributed by atoms with Gasteiger partial charge in [0.2, 0.25) is 5.91 Å². The molecule has 24 heavy (non-hydrogen) atoms. The van der Waals surface area contributed by atoms with Crippen LogP contribution in [0.3, 0.4) is 0 Å². The normalized spacial score (nSPS) is 15.7. The van der Waals surface area contributed by atoms with Gasteiger partial charge in [0.15, 0.2) is 0 Å². The molecule has 3 rings (SSSR count). The average molecular weight is 359 g/mol. The number of carbonyl (C=O) groups excluding carboxylic acids is 1. The van der Waals surface area contributed by atoms with E-state index in [1.165, 1.54) is 17.1 Å². The quantitative estimate of drug-likeness (QED) is 0.811. The van der Waals surface area contributed by atoms with Gasteiger partial charge in [0.1, 0.15) is 0 Å². The number of nitrogens with one attached hydrogen (secondary N) is 1. The van der Waals surface area contributed by atoms with Crippen molar-refractivity contribution in [1.82, 2.24) is 4.90 Å². The van der Waals surface area contributed by atoms with Gasteiger partial charge in [0.25, 0.3) is 0 Å². The summed E-state index contributed by atoms with van der Waals surface area (Å²) >= 11 is 3.65. The minimum absolute atomic E-state index is 0.0905. The summed E-state index contributed by atoms with van der Waals surface area (Å²) in [5, 5.41) is 4.97. The third kappa shape index (κ3) is 4.97. The summed E-state index contributed by atoms with van der Waals surface area (Å²) < 4.78 is 0. The second-order valence-corrected chi connectivity index (χ2v) is 8.08. The van der Waals surface area contributed by atoms with E-state index in [9.17, 15) is 4.79 Å². The molecule has 1 amide bonds. The SMILES string of the molecule is Cc1cc(CN2CCSCC2)ccc1NC(=O)/C=C/c1cccs1. The van der Waals surface area contributed by atoms with Crippen LogP contribution < -0.4 is 5.32 Å². The fourth-order valence-corrected chi connectivity index (χ4v) is 4.30. The summed E-state index contributed by atoms with van der Waals surface area (Å²) in [4.78, 5) is 15.6. The molecule has 1 aromatic carbocycles. The zero-order valence-electron chi connectivity index (χ0n) is 13.8. The molecule has 0 radical (unpaired) electrons. The average Bonchev–Trinajstić information content (AvgIpc) is 3.10. The Labute approximate surface area is 151 Å². The van der Waals surface area contributed by atoms with E-state index < -0.39 is 0 Å². The highest BCUT2D eigenvalue weighted by Gasteiger charge is 2.11. The molecule has 1 aromatic heterocycles. The molecule has 2 aromatic rings. The number of hydrogen-bond donors (Lipinski definition) is 1. The predicted molar refractivity (Wildman–Crippen MR) is 106 cm³/mol. The van der Waals surface area contributed by atoms with E-state index >= 15 is 0 Å². The topological polar surface area (TPSA) is 32.3 Å². The standard InChI is InChI=1S/C19H22N2OS2/c1-15-13-16(14-21-8-11-23-12-9-21)4-6-18(15)20-19(22)7-5-17-3-2-10-24-17/h2-7,10,13H,8-9,11-12,14H2,1H3,(H,20,22)/b7-5+. The largest absolute Gasteiger partial charge is 0.322 e. The number of nitrogens with zero attached hydrogens (tertiary/aromatic N) is 1. The molecule has 0 aliphatic carbocycles. The lowest BCUT2D eigenvalue weighted by Crippen LogP contribution is -2.31. The van der Waals surface area contributed by atoms with Crippen LogP contribution in [0.5, 0.6) is 0 Å². The molecule has 0 saturated carbocycles. The number of carbonyl (C=O) groups is 1. The second-order valence-electron chi connectivity index (χ2n) is 5.88. The number of rotatable bonds is 5. The van der Waals surface area contributed by atoms with Crippen molar-refractivity contribution in [3.05, 3.63) is 57.8 Å². The van der Waals surface area contributed by atoms with Gasteiger partial charge in [-0.3, -0.25) is 9.69 Å². The lowest BCUT2D eigenvalue weighted by molar-refractivity contribution is -0.111. The summed E-state index contributed by atoms with van der Waals surface area (Å²) in [6.45, 7) is 5.37. The van der Waals surface area contributed by atoms with Crippen LogP contribution in [0.2, 0.25) is 0 Å². The van der Waals surface area contributed by atoms with E-state index in [2.05, 4.69) is 22.3 Å². The first kappa shape index (κ1) is 17.3. The Morgan fingerprint density at radius 2 is 2.12 bits per heavy atom. The molecule has 5 heteroatoms. The number of benzene rings is 1. The van der Waals surface area contributed by atoms with Crippen molar-refractivity contribution in [2.24, 2.45) is 0 Å². The van der Waals surface area contributed by atoms with E-state index in [1.807, 2.05) is 48.3 Å². The third-order valence-corrected chi connectivity index (χ3v) is 5.78. The molecule has 1 saturated heterocycles. The molecule has 0 bridgehead atoms. The second kappa shape index (κ2) is 8.51. The molecule has 0 spiro atoms. The van der Waals surface area contributed by atoms with Crippen LogP contribution in [0, 0.1) is 6.92 Å². The van der Waals surface area contributed by atoms with Gasteiger partial charge < -0.3 is 5.32 Å². The fraction of sp³-hybridized carbons (Fsp3) is 0.316. The van der Waals surface area contributed by atoms with Gasteiger partial charge in [-0.25, -0.2) is 0 Å². The molecule has 1 aliphatic heterocycles. The molecule has 0 unspecified atom stereocenters. The molecule has 2 heterocycles. The number of hydrogen-bond acceptors (Lipinski definition) is 4. The van der Waals surface area contributed by atoms with Crippen molar-refractivity contribution < 1.29 is 4.79 Å². The van der Waals surface area contributed by atoms with Crippen LogP contribution >= 0.6 is 23.1 Å². The molecule has 1 aliphatic rings. The Morgan fingerprint density at radius 3 is 2.83 bits per heavy atom. The smallest absolute Gasteiger partial charge is 0.248 e. The van der Waals surface area contributed by atoms with Crippen molar-refractivity contribution in [2.45, 2.75) is 13.5 Å². The lowest BCUT2D eigenvalue weighted by atomic mass is 10.1. The van der Waals surface area contributed by atoms with Gasteiger partial charge in [0.05, 0.1) is 0 Å². The Morgan fingerprint density at radius 1 is 1.29 bits per heavy atom.